The fourth-order valence-corrected chi connectivity index (χ4v) is 6.80. The van der Waals surface area contributed by atoms with Gasteiger partial charge in [0, 0.05) is 30.1 Å². The van der Waals surface area contributed by atoms with Crippen LogP contribution in [0.5, 0.6) is 0 Å². The Morgan fingerprint density at radius 3 is 2.74 bits per heavy atom. The minimum atomic E-state index is -3.02. The van der Waals surface area contributed by atoms with Crippen molar-refractivity contribution in [2.75, 3.05) is 30.0 Å². The van der Waals surface area contributed by atoms with Crippen molar-refractivity contribution in [3.05, 3.63) is 46.8 Å². The Balaban J connectivity index is 1.54. The number of fused-ring (bicyclic) bond motifs is 1. The van der Waals surface area contributed by atoms with Crippen molar-refractivity contribution < 1.29 is 17.9 Å². The average Bonchev–Trinajstić information content (AvgIpc) is 3.44. The van der Waals surface area contributed by atoms with E-state index < -0.39 is 9.84 Å². The van der Waals surface area contributed by atoms with Gasteiger partial charge in [0.05, 0.1) is 34.9 Å². The Morgan fingerprint density at radius 1 is 1.23 bits per heavy atom. The average molecular weight is 445 g/mol. The summed E-state index contributed by atoms with van der Waals surface area (Å²) < 4.78 is 31.7. The van der Waals surface area contributed by atoms with Gasteiger partial charge >= 0.3 is 0 Å². The lowest BCUT2D eigenvalue weighted by Crippen LogP contribution is -2.46. The van der Waals surface area contributed by atoms with Gasteiger partial charge in [-0.3, -0.25) is 9.48 Å². The standard InChI is InChI=1S/C22H28N4O4S/c1-14-20(15(2)26(24-14)16-9-11-31(28,29)13-16)21-23-19-8-4-3-7-18(19)22(27)25(21)12-17-6-5-10-30-17/h3-4,7-8,16-17,21,23H,5-6,9-13H2,1-2H3/t16-,17+,21-/m1/s1. The third kappa shape index (κ3) is 3.63. The second-order valence-corrected chi connectivity index (χ2v) is 11.0. The first-order chi connectivity index (χ1) is 14.8. The monoisotopic (exact) mass is 444 g/mol. The molecule has 1 N–H and O–H groups in total. The van der Waals surface area contributed by atoms with Gasteiger partial charge in [-0.25, -0.2) is 8.42 Å². The second kappa shape index (κ2) is 7.63. The maximum Gasteiger partial charge on any atom is 0.257 e. The highest BCUT2D eigenvalue weighted by Crippen LogP contribution is 2.37. The van der Waals surface area contributed by atoms with Gasteiger partial charge < -0.3 is 15.0 Å². The van der Waals surface area contributed by atoms with Crippen molar-refractivity contribution >= 4 is 21.4 Å². The van der Waals surface area contributed by atoms with E-state index in [-0.39, 0.29) is 35.7 Å². The van der Waals surface area contributed by atoms with Gasteiger partial charge in [-0.2, -0.15) is 5.10 Å². The topological polar surface area (TPSA) is 93.5 Å². The van der Waals surface area contributed by atoms with Crippen molar-refractivity contribution in [1.29, 1.82) is 0 Å². The maximum absolute atomic E-state index is 13.5. The SMILES string of the molecule is Cc1nn([C@@H]2CCS(=O)(=O)C2)c(C)c1[C@@H]1Nc2ccccc2C(=O)N1C[C@@H]1CCCO1. The zero-order valence-electron chi connectivity index (χ0n) is 17.9. The number of rotatable bonds is 4. The van der Waals surface area contributed by atoms with Crippen LogP contribution in [0.25, 0.3) is 0 Å². The molecule has 3 atom stereocenters. The van der Waals surface area contributed by atoms with Gasteiger partial charge in [0.15, 0.2) is 9.84 Å². The summed E-state index contributed by atoms with van der Waals surface area (Å²) in [5, 5.41) is 8.27. The summed E-state index contributed by atoms with van der Waals surface area (Å²) in [5.41, 5.74) is 4.10. The van der Waals surface area contributed by atoms with Crippen LogP contribution in [0.3, 0.4) is 0 Å². The predicted molar refractivity (Wildman–Crippen MR) is 117 cm³/mol. The molecule has 2 aromatic rings. The lowest BCUT2D eigenvalue weighted by Gasteiger charge is -2.39. The number of sulfone groups is 1. The number of carbonyl (C=O) groups excluding carboxylic acids is 1. The number of hydrogen-bond donors (Lipinski definition) is 1. The zero-order chi connectivity index (χ0) is 21.8. The number of ether oxygens (including phenoxy) is 1. The maximum atomic E-state index is 13.5. The van der Waals surface area contributed by atoms with E-state index in [1.807, 2.05) is 47.7 Å². The lowest BCUT2D eigenvalue weighted by molar-refractivity contribution is 0.0425. The quantitative estimate of drug-likeness (QED) is 0.779. The van der Waals surface area contributed by atoms with Gasteiger partial charge in [-0.1, -0.05) is 12.1 Å². The van der Waals surface area contributed by atoms with Crippen LogP contribution >= 0.6 is 0 Å². The third-order valence-electron chi connectivity index (χ3n) is 6.66. The summed E-state index contributed by atoms with van der Waals surface area (Å²) in [7, 11) is -3.02. The highest BCUT2D eigenvalue weighted by molar-refractivity contribution is 7.91. The van der Waals surface area contributed by atoms with E-state index in [1.54, 1.807) is 0 Å². The van der Waals surface area contributed by atoms with Gasteiger partial charge in [0.2, 0.25) is 0 Å². The molecule has 0 bridgehead atoms. The Labute approximate surface area is 182 Å². The Morgan fingerprint density at radius 2 is 2.03 bits per heavy atom. The number of aromatic nitrogens is 2. The van der Waals surface area contributed by atoms with Gasteiger partial charge in [-0.05, 0) is 45.2 Å². The molecule has 2 fully saturated rings. The molecule has 9 heteroatoms. The molecule has 8 nitrogen and oxygen atoms in total. The number of amides is 1. The summed E-state index contributed by atoms with van der Waals surface area (Å²) in [4.78, 5) is 15.3. The van der Waals surface area contributed by atoms with Crippen LogP contribution in [0.1, 0.15) is 58.8 Å². The Hall–Kier alpha value is -2.39. The van der Waals surface area contributed by atoms with Crippen molar-refractivity contribution in [1.82, 2.24) is 14.7 Å². The Bertz CT molecular complexity index is 1120. The fraction of sp³-hybridized carbons (Fsp3) is 0.545. The molecule has 0 unspecified atom stereocenters. The second-order valence-electron chi connectivity index (χ2n) is 8.77. The van der Waals surface area contributed by atoms with Crippen LogP contribution in [0.2, 0.25) is 0 Å². The van der Waals surface area contributed by atoms with Crippen LogP contribution in [-0.2, 0) is 14.6 Å². The van der Waals surface area contributed by atoms with Crippen LogP contribution in [0.4, 0.5) is 5.69 Å². The van der Waals surface area contributed by atoms with E-state index in [0.717, 1.165) is 42.1 Å². The largest absolute Gasteiger partial charge is 0.376 e. The molecule has 1 aromatic carbocycles. The van der Waals surface area contributed by atoms with E-state index in [0.29, 0.717) is 18.5 Å². The molecule has 31 heavy (non-hydrogen) atoms. The summed E-state index contributed by atoms with van der Waals surface area (Å²) >= 11 is 0. The smallest absolute Gasteiger partial charge is 0.257 e. The number of nitrogens with zero attached hydrogens (tertiary/aromatic N) is 3. The highest BCUT2D eigenvalue weighted by Gasteiger charge is 2.39. The van der Waals surface area contributed by atoms with Crippen LogP contribution in [-0.4, -0.2) is 59.8 Å². The summed E-state index contributed by atoms with van der Waals surface area (Å²) in [6.07, 6.45) is 2.17. The van der Waals surface area contributed by atoms with Crippen molar-refractivity contribution in [2.24, 2.45) is 0 Å². The van der Waals surface area contributed by atoms with E-state index in [9.17, 15) is 13.2 Å². The van der Waals surface area contributed by atoms with E-state index in [1.165, 1.54) is 0 Å². The number of para-hydroxylation sites is 1. The van der Waals surface area contributed by atoms with E-state index in [4.69, 9.17) is 9.84 Å². The van der Waals surface area contributed by atoms with Crippen molar-refractivity contribution in [3.8, 4) is 0 Å². The molecule has 0 aliphatic carbocycles. The van der Waals surface area contributed by atoms with Gasteiger partial charge in [0.1, 0.15) is 6.17 Å². The summed E-state index contributed by atoms with van der Waals surface area (Å²) in [6, 6.07) is 7.39. The first-order valence-corrected chi connectivity index (χ1v) is 12.7. The first-order valence-electron chi connectivity index (χ1n) is 10.9. The molecule has 0 spiro atoms. The summed E-state index contributed by atoms with van der Waals surface area (Å²) in [6.45, 7) is 5.14. The van der Waals surface area contributed by atoms with E-state index in [2.05, 4.69) is 5.32 Å². The molecule has 3 aliphatic heterocycles. The van der Waals surface area contributed by atoms with E-state index >= 15 is 0 Å². The van der Waals surface area contributed by atoms with Crippen molar-refractivity contribution in [2.45, 2.75) is 51.4 Å². The molecule has 0 radical (unpaired) electrons. The predicted octanol–water partition coefficient (Wildman–Crippen LogP) is 2.61. The van der Waals surface area contributed by atoms with Crippen LogP contribution in [0, 0.1) is 13.8 Å². The molecule has 5 rings (SSSR count). The minimum Gasteiger partial charge on any atom is -0.376 e. The molecule has 2 saturated heterocycles. The number of benzene rings is 1. The number of nitrogens with one attached hydrogen (secondary N) is 1. The number of anilines is 1. The Kier molecular flexibility index (Phi) is 5.05. The molecule has 0 saturated carbocycles. The number of aryl methyl sites for hydroxylation is 1. The fourth-order valence-electron chi connectivity index (χ4n) is 5.11. The normalized spacial score (nSPS) is 27.4. The van der Waals surface area contributed by atoms with Gasteiger partial charge in [0.25, 0.3) is 5.91 Å². The van der Waals surface area contributed by atoms with Crippen LogP contribution < -0.4 is 5.32 Å². The van der Waals surface area contributed by atoms with Crippen molar-refractivity contribution in [3.63, 3.8) is 0 Å². The molecule has 166 valence electrons. The molecule has 4 heterocycles. The molecule has 1 amide bonds. The molecular formula is C22H28N4O4S. The molecule has 3 aliphatic rings. The molecular weight excluding hydrogens is 416 g/mol. The minimum absolute atomic E-state index is 0.0224. The first kappa shape index (κ1) is 20.5. The number of hydrogen-bond acceptors (Lipinski definition) is 6. The highest BCUT2D eigenvalue weighted by atomic mass is 32.2. The zero-order valence-corrected chi connectivity index (χ0v) is 18.7. The van der Waals surface area contributed by atoms with Crippen LogP contribution in [0.15, 0.2) is 24.3 Å². The molecule has 1 aromatic heterocycles. The number of carbonyl (C=O) groups is 1. The summed E-state index contributed by atoms with van der Waals surface area (Å²) in [5.74, 6) is 0.294. The third-order valence-corrected chi connectivity index (χ3v) is 8.41. The lowest BCUT2D eigenvalue weighted by atomic mass is 10.0. The van der Waals surface area contributed by atoms with Gasteiger partial charge in [-0.15, -0.1) is 0 Å².